The zero-order valence-electron chi connectivity index (χ0n) is 20.3. The largest absolute Gasteiger partial charge is 0.490 e. The van der Waals surface area contributed by atoms with Gasteiger partial charge >= 0.3 is 5.97 Å². The Bertz CT molecular complexity index is 1580. The van der Waals surface area contributed by atoms with E-state index in [0.717, 1.165) is 28.1 Å². The number of rotatable bonds is 7. The van der Waals surface area contributed by atoms with Crippen molar-refractivity contribution in [2.75, 3.05) is 6.61 Å². The van der Waals surface area contributed by atoms with Gasteiger partial charge in [0.2, 0.25) is 0 Å². The van der Waals surface area contributed by atoms with E-state index in [-0.39, 0.29) is 33.9 Å². The molecule has 0 aromatic heterocycles. The van der Waals surface area contributed by atoms with Crippen molar-refractivity contribution in [3.8, 4) is 11.5 Å². The number of fused-ring (bicyclic) bond motifs is 1. The van der Waals surface area contributed by atoms with Crippen molar-refractivity contribution >= 4 is 45.7 Å². The SMILES string of the molecule is CCOc1cc(/C=C2\SC(=O)N(Cc3cccc4ccccc34)C2=O)ccc1OC(=O)c1ccc(F)cc1. The van der Waals surface area contributed by atoms with Crippen molar-refractivity contribution in [3.63, 3.8) is 0 Å². The lowest BCUT2D eigenvalue weighted by molar-refractivity contribution is -0.123. The second-order valence-electron chi connectivity index (χ2n) is 8.44. The maximum atomic E-state index is 13.2. The van der Waals surface area contributed by atoms with E-state index in [0.29, 0.717) is 17.9 Å². The molecule has 4 aromatic carbocycles. The minimum absolute atomic E-state index is 0.172. The fourth-order valence-corrected chi connectivity index (χ4v) is 4.94. The van der Waals surface area contributed by atoms with Crippen LogP contribution in [0.15, 0.2) is 89.8 Å². The Balaban J connectivity index is 1.36. The highest BCUT2D eigenvalue weighted by molar-refractivity contribution is 8.18. The Kier molecular flexibility index (Phi) is 7.24. The first-order valence-corrected chi connectivity index (χ1v) is 12.7. The van der Waals surface area contributed by atoms with E-state index >= 15 is 0 Å². The summed E-state index contributed by atoms with van der Waals surface area (Å²) in [5.74, 6) is -1.01. The molecule has 6 nitrogen and oxygen atoms in total. The van der Waals surface area contributed by atoms with Crippen molar-refractivity contribution in [2.24, 2.45) is 0 Å². The van der Waals surface area contributed by atoms with E-state index in [1.54, 1.807) is 31.2 Å². The molecular formula is C30H22FNO5S. The average molecular weight is 528 g/mol. The van der Waals surface area contributed by atoms with Crippen molar-refractivity contribution in [2.45, 2.75) is 13.5 Å². The van der Waals surface area contributed by atoms with Crippen LogP contribution in [0.25, 0.3) is 16.8 Å². The van der Waals surface area contributed by atoms with Crippen LogP contribution in [0.2, 0.25) is 0 Å². The van der Waals surface area contributed by atoms with Crippen LogP contribution in [-0.4, -0.2) is 28.6 Å². The molecule has 0 bridgehead atoms. The summed E-state index contributed by atoms with van der Waals surface area (Å²) in [5.41, 5.74) is 1.68. The Morgan fingerprint density at radius 3 is 2.50 bits per heavy atom. The lowest BCUT2D eigenvalue weighted by atomic mass is 10.0. The van der Waals surface area contributed by atoms with Gasteiger partial charge in [0, 0.05) is 0 Å². The van der Waals surface area contributed by atoms with Crippen molar-refractivity contribution in [3.05, 3.63) is 112 Å². The van der Waals surface area contributed by atoms with Gasteiger partial charge in [0.1, 0.15) is 5.82 Å². The van der Waals surface area contributed by atoms with Crippen LogP contribution in [0, 0.1) is 5.82 Å². The summed E-state index contributed by atoms with van der Waals surface area (Å²) in [6, 6.07) is 23.5. The first-order valence-electron chi connectivity index (χ1n) is 11.9. The van der Waals surface area contributed by atoms with Crippen LogP contribution in [0.5, 0.6) is 11.5 Å². The van der Waals surface area contributed by atoms with Crippen molar-refractivity contribution in [1.29, 1.82) is 0 Å². The molecule has 8 heteroatoms. The number of thioether (sulfide) groups is 1. The number of ether oxygens (including phenoxy) is 2. The van der Waals surface area contributed by atoms with E-state index in [1.165, 1.54) is 29.2 Å². The number of amides is 2. The summed E-state index contributed by atoms with van der Waals surface area (Å²) in [5, 5.41) is 1.69. The normalized spacial score (nSPS) is 14.4. The third kappa shape index (κ3) is 5.31. The third-order valence-electron chi connectivity index (χ3n) is 5.93. The van der Waals surface area contributed by atoms with Gasteiger partial charge in [0.15, 0.2) is 11.5 Å². The summed E-state index contributed by atoms with van der Waals surface area (Å²) < 4.78 is 24.3. The predicted molar refractivity (Wildman–Crippen MR) is 144 cm³/mol. The number of imide groups is 1. The molecule has 1 saturated heterocycles. The van der Waals surface area contributed by atoms with Crippen LogP contribution in [-0.2, 0) is 11.3 Å². The van der Waals surface area contributed by atoms with Gasteiger partial charge in [-0.15, -0.1) is 0 Å². The van der Waals surface area contributed by atoms with E-state index in [2.05, 4.69) is 0 Å². The van der Waals surface area contributed by atoms with Gasteiger partial charge in [-0.2, -0.15) is 0 Å². The number of nitrogens with zero attached hydrogens (tertiary/aromatic N) is 1. The molecule has 190 valence electrons. The van der Waals surface area contributed by atoms with Crippen LogP contribution < -0.4 is 9.47 Å². The first kappa shape index (κ1) is 25.2. The molecule has 0 radical (unpaired) electrons. The highest BCUT2D eigenvalue weighted by Crippen LogP contribution is 2.36. The van der Waals surface area contributed by atoms with Gasteiger partial charge in [0.25, 0.3) is 11.1 Å². The quantitative estimate of drug-likeness (QED) is 0.149. The number of carbonyl (C=O) groups is 3. The molecule has 5 rings (SSSR count). The van der Waals surface area contributed by atoms with Gasteiger partial charge < -0.3 is 9.47 Å². The third-order valence-corrected chi connectivity index (χ3v) is 6.84. The van der Waals surface area contributed by atoms with Gasteiger partial charge in [-0.25, -0.2) is 9.18 Å². The molecule has 0 unspecified atom stereocenters. The molecule has 1 fully saturated rings. The standard InChI is InChI=1S/C30H22FNO5S/c1-2-36-26-16-19(10-15-25(26)37-29(34)21-11-13-23(31)14-12-21)17-27-28(33)32(30(35)38-27)18-22-8-5-7-20-6-3-4-9-24(20)22/h3-17H,2,18H2,1H3/b27-17-. The highest BCUT2D eigenvalue weighted by Gasteiger charge is 2.35. The maximum absolute atomic E-state index is 13.2. The molecule has 1 heterocycles. The number of hydrogen-bond acceptors (Lipinski definition) is 6. The number of esters is 1. The Morgan fingerprint density at radius 1 is 0.947 bits per heavy atom. The van der Waals surface area contributed by atoms with E-state index < -0.39 is 11.8 Å². The lowest BCUT2D eigenvalue weighted by Crippen LogP contribution is -2.27. The van der Waals surface area contributed by atoms with Gasteiger partial charge in [0.05, 0.1) is 23.6 Å². The monoisotopic (exact) mass is 527 g/mol. The molecule has 1 aliphatic heterocycles. The summed E-state index contributed by atoms with van der Waals surface area (Å²) in [4.78, 5) is 39.9. The molecule has 0 N–H and O–H groups in total. The molecular weight excluding hydrogens is 505 g/mol. The summed E-state index contributed by atoms with van der Waals surface area (Å²) >= 11 is 0.875. The average Bonchev–Trinajstić information content (AvgIpc) is 3.18. The van der Waals surface area contributed by atoms with E-state index in [4.69, 9.17) is 9.47 Å². The van der Waals surface area contributed by atoms with E-state index in [9.17, 15) is 18.8 Å². The summed E-state index contributed by atoms with van der Waals surface area (Å²) in [6.45, 7) is 2.27. The van der Waals surface area contributed by atoms with Crippen LogP contribution in [0.4, 0.5) is 9.18 Å². The zero-order chi connectivity index (χ0) is 26.6. The highest BCUT2D eigenvalue weighted by atomic mass is 32.2. The Morgan fingerprint density at radius 2 is 1.71 bits per heavy atom. The molecule has 38 heavy (non-hydrogen) atoms. The molecule has 4 aromatic rings. The summed E-state index contributed by atoms with van der Waals surface area (Å²) in [6.07, 6.45) is 1.61. The minimum Gasteiger partial charge on any atom is -0.490 e. The van der Waals surface area contributed by atoms with Crippen LogP contribution >= 0.6 is 11.8 Å². The molecule has 0 spiro atoms. The molecule has 0 saturated carbocycles. The van der Waals surface area contributed by atoms with E-state index in [1.807, 2.05) is 42.5 Å². The van der Waals surface area contributed by atoms with Gasteiger partial charge in [-0.05, 0) is 83.1 Å². The second-order valence-corrected chi connectivity index (χ2v) is 9.43. The van der Waals surface area contributed by atoms with Crippen molar-refractivity contribution in [1.82, 2.24) is 4.90 Å². The van der Waals surface area contributed by atoms with Gasteiger partial charge in [-0.1, -0.05) is 48.5 Å². The zero-order valence-corrected chi connectivity index (χ0v) is 21.2. The van der Waals surface area contributed by atoms with Crippen LogP contribution in [0.3, 0.4) is 0 Å². The summed E-state index contributed by atoms with van der Waals surface area (Å²) in [7, 11) is 0. The van der Waals surface area contributed by atoms with Crippen LogP contribution in [0.1, 0.15) is 28.4 Å². The topological polar surface area (TPSA) is 72.9 Å². The number of carbonyl (C=O) groups excluding carboxylic acids is 3. The van der Waals surface area contributed by atoms with Crippen molar-refractivity contribution < 1.29 is 28.2 Å². The Hall–Kier alpha value is -4.43. The molecule has 1 aliphatic rings. The predicted octanol–water partition coefficient (Wildman–Crippen LogP) is 6.83. The molecule has 2 amide bonds. The smallest absolute Gasteiger partial charge is 0.343 e. The number of benzene rings is 4. The fraction of sp³-hybridized carbons (Fsp3) is 0.100. The molecule has 0 aliphatic carbocycles. The lowest BCUT2D eigenvalue weighted by Gasteiger charge is -2.14. The second kappa shape index (κ2) is 10.9. The Labute approximate surface area is 222 Å². The minimum atomic E-state index is -0.659. The first-order chi connectivity index (χ1) is 18.4. The number of halogens is 1. The fourth-order valence-electron chi connectivity index (χ4n) is 4.10. The maximum Gasteiger partial charge on any atom is 0.343 e. The number of hydrogen-bond donors (Lipinski definition) is 0. The van der Waals surface area contributed by atoms with Gasteiger partial charge in [-0.3, -0.25) is 14.5 Å². The molecule has 0 atom stereocenters.